The van der Waals surface area contributed by atoms with Gasteiger partial charge in [0.25, 0.3) is 5.91 Å². The fourth-order valence-electron chi connectivity index (χ4n) is 3.86. The highest BCUT2D eigenvalue weighted by Crippen LogP contribution is 2.33. The molecule has 0 radical (unpaired) electrons. The second-order valence-corrected chi connectivity index (χ2v) is 7.06. The summed E-state index contributed by atoms with van der Waals surface area (Å²) in [5, 5.41) is 2.53. The lowest BCUT2D eigenvalue weighted by atomic mass is 9.41. The van der Waals surface area contributed by atoms with Crippen molar-refractivity contribution in [3.63, 3.8) is 0 Å². The number of fused-ring (bicyclic) bond motifs is 1. The van der Waals surface area contributed by atoms with Gasteiger partial charge in [-0.3, -0.25) is 4.79 Å². The Balaban J connectivity index is 1.63. The summed E-state index contributed by atoms with van der Waals surface area (Å²) in [6.45, 7) is 0.180. The zero-order chi connectivity index (χ0) is 20.6. The minimum atomic E-state index is -4.83. The molecule has 0 spiro atoms. The second-order valence-electron chi connectivity index (χ2n) is 7.06. The molecule has 3 aromatic carbocycles. The number of halogens is 4. The van der Waals surface area contributed by atoms with Gasteiger partial charge in [0.1, 0.15) is 5.82 Å². The Morgan fingerprint density at radius 2 is 1.72 bits per heavy atom. The van der Waals surface area contributed by atoms with Crippen LogP contribution in [0.4, 0.5) is 23.2 Å². The van der Waals surface area contributed by atoms with E-state index in [-0.39, 0.29) is 6.71 Å². The van der Waals surface area contributed by atoms with Crippen molar-refractivity contribution >= 4 is 29.2 Å². The summed E-state index contributed by atoms with van der Waals surface area (Å²) in [5.74, 6) is -1.97. The highest BCUT2D eigenvalue weighted by atomic mass is 19.4. The molecule has 0 saturated carbocycles. The van der Waals surface area contributed by atoms with Crippen LogP contribution in [0.25, 0.3) is 0 Å². The molecule has 2 nitrogen and oxygen atoms in total. The number of rotatable bonds is 3. The number of amides is 1. The smallest absolute Gasteiger partial charge is 0.322 e. The van der Waals surface area contributed by atoms with E-state index in [9.17, 15) is 22.4 Å². The van der Waals surface area contributed by atoms with Crippen LogP contribution in [0.3, 0.4) is 0 Å². The molecule has 1 amide bonds. The summed E-state index contributed by atoms with van der Waals surface area (Å²) in [7, 11) is 0. The van der Waals surface area contributed by atoms with Crippen LogP contribution in [0.1, 0.15) is 21.5 Å². The molecule has 0 saturated heterocycles. The van der Waals surface area contributed by atoms with Gasteiger partial charge in [-0.2, -0.15) is 13.2 Å². The molecule has 4 rings (SSSR count). The maximum atomic E-state index is 13.3. The van der Waals surface area contributed by atoms with Crippen molar-refractivity contribution < 1.29 is 22.4 Å². The average molecular weight is 397 g/mol. The van der Waals surface area contributed by atoms with Crippen LogP contribution >= 0.6 is 0 Å². The number of aryl methyl sites for hydroxylation is 1. The molecule has 7 heteroatoms. The van der Waals surface area contributed by atoms with Gasteiger partial charge in [0.2, 0.25) is 6.71 Å². The fourth-order valence-corrected chi connectivity index (χ4v) is 3.86. The standard InChI is InChI=1S/C22H16BF4NO/c24-16-7-9-18(19(12-16)22(25,26)27)21(29)28-17-8-6-14-10-11-23(20(14)13-17)15-4-2-1-3-5-15/h1-9,12-13H,10-11H2,(H,28,29). The highest BCUT2D eigenvalue weighted by molar-refractivity contribution is 6.86. The molecule has 0 aliphatic carbocycles. The number of carbonyl (C=O) groups excluding carboxylic acids is 1. The van der Waals surface area contributed by atoms with E-state index >= 15 is 0 Å². The third-order valence-corrected chi connectivity index (χ3v) is 5.22. The maximum absolute atomic E-state index is 13.3. The number of hydrogen-bond donors (Lipinski definition) is 1. The second kappa shape index (κ2) is 7.39. The summed E-state index contributed by atoms with van der Waals surface area (Å²) in [6, 6.07) is 17.4. The van der Waals surface area contributed by atoms with Gasteiger partial charge < -0.3 is 5.32 Å². The summed E-state index contributed by atoms with van der Waals surface area (Å²) < 4.78 is 52.9. The van der Waals surface area contributed by atoms with Crippen molar-refractivity contribution in [2.75, 3.05) is 5.32 Å². The molecule has 1 heterocycles. The molecule has 1 aliphatic rings. The Bertz CT molecular complexity index is 1070. The normalized spacial score (nSPS) is 13.3. The Labute approximate surface area is 165 Å². The van der Waals surface area contributed by atoms with Crippen molar-refractivity contribution in [1.82, 2.24) is 0 Å². The molecule has 1 N–H and O–H groups in total. The molecule has 0 bridgehead atoms. The molecule has 29 heavy (non-hydrogen) atoms. The van der Waals surface area contributed by atoms with Crippen LogP contribution in [-0.2, 0) is 12.6 Å². The lowest BCUT2D eigenvalue weighted by Crippen LogP contribution is -2.39. The zero-order valence-electron chi connectivity index (χ0n) is 15.3. The summed E-state index contributed by atoms with van der Waals surface area (Å²) >= 11 is 0. The molecular weight excluding hydrogens is 381 g/mol. The molecule has 0 atom stereocenters. The van der Waals surface area contributed by atoms with E-state index in [1.54, 1.807) is 6.07 Å². The molecule has 3 aromatic rings. The van der Waals surface area contributed by atoms with Gasteiger partial charge in [-0.15, -0.1) is 0 Å². The van der Waals surface area contributed by atoms with Crippen LogP contribution in [0.15, 0.2) is 66.7 Å². The van der Waals surface area contributed by atoms with E-state index in [2.05, 4.69) is 5.32 Å². The lowest BCUT2D eigenvalue weighted by Gasteiger charge is -2.14. The van der Waals surface area contributed by atoms with E-state index < -0.39 is 29.0 Å². The van der Waals surface area contributed by atoms with Crippen LogP contribution in [-0.4, -0.2) is 12.6 Å². The van der Waals surface area contributed by atoms with Gasteiger partial charge >= 0.3 is 6.18 Å². The largest absolute Gasteiger partial charge is 0.417 e. The predicted molar refractivity (Wildman–Crippen MR) is 106 cm³/mol. The number of carbonyl (C=O) groups is 1. The fraction of sp³-hybridized carbons (Fsp3) is 0.136. The zero-order valence-corrected chi connectivity index (χ0v) is 15.3. The van der Waals surface area contributed by atoms with Gasteiger partial charge in [-0.05, 0) is 36.8 Å². The SMILES string of the molecule is O=C(Nc1ccc2c(c1)B(c1ccccc1)CC2)c1ccc(F)cc1C(F)(F)F. The van der Waals surface area contributed by atoms with Gasteiger partial charge in [0.05, 0.1) is 11.1 Å². The molecular formula is C22H16BF4NO. The summed E-state index contributed by atoms with van der Waals surface area (Å²) in [5.41, 5.74) is 1.89. The van der Waals surface area contributed by atoms with E-state index in [4.69, 9.17) is 0 Å². The van der Waals surface area contributed by atoms with Crippen molar-refractivity contribution in [2.24, 2.45) is 0 Å². The molecule has 146 valence electrons. The molecule has 0 aromatic heterocycles. The third-order valence-electron chi connectivity index (χ3n) is 5.22. The number of anilines is 1. The van der Waals surface area contributed by atoms with Crippen molar-refractivity contribution in [1.29, 1.82) is 0 Å². The Morgan fingerprint density at radius 3 is 2.45 bits per heavy atom. The Hall–Kier alpha value is -3.09. The van der Waals surface area contributed by atoms with Gasteiger partial charge in [-0.1, -0.05) is 59.2 Å². The third kappa shape index (κ3) is 3.90. The van der Waals surface area contributed by atoms with E-state index in [1.807, 2.05) is 42.5 Å². The quantitative estimate of drug-likeness (QED) is 0.520. The van der Waals surface area contributed by atoms with E-state index in [0.29, 0.717) is 11.8 Å². The van der Waals surface area contributed by atoms with Crippen molar-refractivity contribution in [2.45, 2.75) is 18.9 Å². The summed E-state index contributed by atoms with van der Waals surface area (Å²) in [6.07, 6.45) is -2.99. The first-order valence-corrected chi connectivity index (χ1v) is 9.19. The number of benzene rings is 3. The van der Waals surface area contributed by atoms with E-state index in [1.165, 1.54) is 0 Å². The van der Waals surface area contributed by atoms with Crippen molar-refractivity contribution in [3.05, 3.63) is 89.2 Å². The monoisotopic (exact) mass is 397 g/mol. The first-order chi connectivity index (χ1) is 13.8. The molecule has 1 aliphatic heterocycles. The maximum Gasteiger partial charge on any atom is 0.417 e. The van der Waals surface area contributed by atoms with Crippen LogP contribution in [0.5, 0.6) is 0 Å². The van der Waals surface area contributed by atoms with E-state index in [0.717, 1.165) is 41.4 Å². The first-order valence-electron chi connectivity index (χ1n) is 9.19. The van der Waals surface area contributed by atoms with Crippen LogP contribution in [0.2, 0.25) is 6.32 Å². The minimum absolute atomic E-state index is 0.180. The highest BCUT2D eigenvalue weighted by Gasteiger charge is 2.36. The predicted octanol–water partition coefficient (Wildman–Crippen LogP) is 4.26. The number of alkyl halides is 3. The Kier molecular flexibility index (Phi) is 4.90. The lowest BCUT2D eigenvalue weighted by molar-refractivity contribution is -0.138. The Morgan fingerprint density at radius 1 is 0.966 bits per heavy atom. The molecule has 0 fully saturated rings. The van der Waals surface area contributed by atoms with Gasteiger partial charge in [0.15, 0.2) is 0 Å². The topological polar surface area (TPSA) is 29.1 Å². The molecule has 0 unspecified atom stereocenters. The number of hydrogen-bond acceptors (Lipinski definition) is 1. The van der Waals surface area contributed by atoms with Gasteiger partial charge in [-0.25, -0.2) is 4.39 Å². The minimum Gasteiger partial charge on any atom is -0.322 e. The number of nitrogens with one attached hydrogen (secondary N) is 1. The average Bonchev–Trinajstić information content (AvgIpc) is 3.11. The summed E-state index contributed by atoms with van der Waals surface area (Å²) in [4.78, 5) is 12.5. The van der Waals surface area contributed by atoms with Crippen molar-refractivity contribution in [3.8, 4) is 0 Å². The van der Waals surface area contributed by atoms with Crippen LogP contribution in [0, 0.1) is 5.82 Å². The van der Waals surface area contributed by atoms with Crippen LogP contribution < -0.4 is 16.2 Å². The first kappa shape index (κ1) is 19.2. The van der Waals surface area contributed by atoms with Gasteiger partial charge in [0, 0.05) is 5.69 Å².